The summed E-state index contributed by atoms with van der Waals surface area (Å²) in [5.74, 6) is -0.941. The molecule has 0 aromatic heterocycles. The Morgan fingerprint density at radius 1 is 0.263 bits per heavy atom. The third-order valence-electron chi connectivity index (χ3n) is 15.1. The molecule has 0 aromatic rings. The van der Waals surface area contributed by atoms with Crippen LogP contribution in [0.1, 0.15) is 348 Å². The Balaban J connectivity index is 4.35. The predicted octanol–water partition coefficient (Wildman–Crippen LogP) is 23.8. The van der Waals surface area contributed by atoms with E-state index in [0.717, 1.165) is 83.5 Å². The highest BCUT2D eigenvalue weighted by atomic mass is 16.6. The van der Waals surface area contributed by atoms with Crippen molar-refractivity contribution in [1.82, 2.24) is 0 Å². The van der Waals surface area contributed by atoms with Gasteiger partial charge in [-0.1, -0.05) is 324 Å². The van der Waals surface area contributed by atoms with Crippen LogP contribution in [0.25, 0.3) is 0 Å². The van der Waals surface area contributed by atoms with Crippen LogP contribution >= 0.6 is 0 Å². The number of esters is 3. The fourth-order valence-electron chi connectivity index (χ4n) is 9.98. The lowest BCUT2D eigenvalue weighted by atomic mass is 10.0. The van der Waals surface area contributed by atoms with Crippen molar-refractivity contribution in [2.24, 2.45) is 0 Å². The van der Waals surface area contributed by atoms with Crippen molar-refractivity contribution < 1.29 is 28.6 Å². The number of rotatable bonds is 63. The van der Waals surface area contributed by atoms with E-state index in [4.69, 9.17) is 14.2 Å². The van der Waals surface area contributed by atoms with Gasteiger partial charge in [0.25, 0.3) is 0 Å². The van der Waals surface area contributed by atoms with Crippen LogP contribution in [0.4, 0.5) is 0 Å². The summed E-state index contributed by atoms with van der Waals surface area (Å²) in [4.78, 5) is 38.4. The van der Waals surface area contributed by atoms with Gasteiger partial charge in [-0.05, 0) is 89.9 Å². The lowest BCUT2D eigenvalue weighted by molar-refractivity contribution is -0.167. The molecule has 0 N–H and O–H groups in total. The molecule has 462 valence electrons. The number of carbonyl (C=O) groups excluding carboxylic acids is 3. The molecule has 0 saturated carbocycles. The van der Waals surface area contributed by atoms with Crippen LogP contribution in [-0.2, 0) is 28.6 Å². The van der Waals surface area contributed by atoms with Gasteiger partial charge in [0.2, 0.25) is 0 Å². The van der Waals surface area contributed by atoms with E-state index in [1.165, 1.54) is 218 Å². The topological polar surface area (TPSA) is 78.9 Å². The average molecular weight is 1120 g/mol. The average Bonchev–Trinajstić information content (AvgIpc) is 3.46. The molecule has 0 aromatic carbocycles. The molecule has 1 unspecified atom stereocenters. The molecule has 0 aliphatic rings. The molecule has 0 fully saturated rings. The lowest BCUT2D eigenvalue weighted by Gasteiger charge is -2.18. The number of unbranched alkanes of at least 4 members (excludes halogenated alkanes) is 38. The summed E-state index contributed by atoms with van der Waals surface area (Å²) in [6.45, 7) is 6.50. The van der Waals surface area contributed by atoms with E-state index in [1.54, 1.807) is 0 Å². The van der Waals surface area contributed by atoms with Gasteiger partial charge in [0.1, 0.15) is 13.2 Å². The highest BCUT2D eigenvalue weighted by Crippen LogP contribution is 2.18. The van der Waals surface area contributed by atoms with E-state index in [0.29, 0.717) is 19.3 Å². The third kappa shape index (κ3) is 65.4. The fourth-order valence-corrected chi connectivity index (χ4v) is 9.98. The summed E-state index contributed by atoms with van der Waals surface area (Å²) in [6.07, 6.45) is 90.4. The van der Waals surface area contributed by atoms with Gasteiger partial charge in [-0.2, -0.15) is 0 Å². The van der Waals surface area contributed by atoms with Gasteiger partial charge in [-0.15, -0.1) is 0 Å². The van der Waals surface area contributed by atoms with Crippen molar-refractivity contribution in [2.75, 3.05) is 13.2 Å². The number of hydrogen-bond donors (Lipinski definition) is 0. The molecule has 0 radical (unpaired) electrons. The van der Waals surface area contributed by atoms with Crippen molar-refractivity contribution in [2.45, 2.75) is 354 Å². The first-order chi connectivity index (χ1) is 39.5. The minimum atomic E-state index is -0.803. The second-order valence-electron chi connectivity index (χ2n) is 23.1. The molecule has 0 amide bonds. The van der Waals surface area contributed by atoms with Gasteiger partial charge >= 0.3 is 17.9 Å². The molecule has 6 nitrogen and oxygen atoms in total. The maximum Gasteiger partial charge on any atom is 0.306 e. The molecular formula is C74H130O6. The Labute approximate surface area is 496 Å². The van der Waals surface area contributed by atoms with Crippen molar-refractivity contribution in [1.29, 1.82) is 0 Å². The zero-order valence-corrected chi connectivity index (χ0v) is 53.1. The Morgan fingerprint density at radius 3 is 0.838 bits per heavy atom. The molecule has 0 bridgehead atoms. The third-order valence-corrected chi connectivity index (χ3v) is 15.1. The fraction of sp³-hybridized carbons (Fsp3) is 0.770. The number of carbonyl (C=O) groups is 3. The number of hydrogen-bond acceptors (Lipinski definition) is 6. The first kappa shape index (κ1) is 76.6. The summed E-state index contributed by atoms with van der Waals surface area (Å²) in [5.41, 5.74) is 0. The zero-order chi connectivity index (χ0) is 57.8. The van der Waals surface area contributed by atoms with E-state index < -0.39 is 6.10 Å². The zero-order valence-electron chi connectivity index (χ0n) is 53.1. The first-order valence-corrected chi connectivity index (χ1v) is 34.6. The normalized spacial score (nSPS) is 12.6. The minimum Gasteiger partial charge on any atom is -0.462 e. The van der Waals surface area contributed by atoms with Crippen LogP contribution < -0.4 is 0 Å². The van der Waals surface area contributed by atoms with E-state index in [-0.39, 0.29) is 37.5 Å². The quantitative estimate of drug-likeness (QED) is 0.0261. The second kappa shape index (κ2) is 68.1. The highest BCUT2D eigenvalue weighted by molar-refractivity contribution is 5.71. The smallest absolute Gasteiger partial charge is 0.306 e. The summed E-state index contributed by atoms with van der Waals surface area (Å²) in [5, 5.41) is 0. The van der Waals surface area contributed by atoms with Crippen LogP contribution in [-0.4, -0.2) is 37.2 Å². The molecular weight excluding hydrogens is 985 g/mol. The van der Waals surface area contributed by atoms with E-state index in [9.17, 15) is 14.4 Å². The summed E-state index contributed by atoms with van der Waals surface area (Å²) < 4.78 is 16.9. The predicted molar refractivity (Wildman–Crippen MR) is 348 cm³/mol. The van der Waals surface area contributed by atoms with Gasteiger partial charge in [-0.25, -0.2) is 0 Å². The van der Waals surface area contributed by atoms with Gasteiger partial charge in [0, 0.05) is 19.3 Å². The maximum atomic E-state index is 12.9. The molecule has 1 atom stereocenters. The van der Waals surface area contributed by atoms with Gasteiger partial charge in [0.05, 0.1) is 0 Å². The Morgan fingerprint density at radius 2 is 0.500 bits per heavy atom. The van der Waals surface area contributed by atoms with Crippen LogP contribution in [0, 0.1) is 0 Å². The molecule has 0 rings (SSSR count). The monoisotopic (exact) mass is 1110 g/mol. The van der Waals surface area contributed by atoms with Crippen molar-refractivity contribution in [3.63, 3.8) is 0 Å². The molecule has 80 heavy (non-hydrogen) atoms. The summed E-state index contributed by atoms with van der Waals surface area (Å²) in [7, 11) is 0. The first-order valence-electron chi connectivity index (χ1n) is 34.6. The molecule has 0 saturated heterocycles. The summed E-state index contributed by atoms with van der Waals surface area (Å²) >= 11 is 0. The second-order valence-corrected chi connectivity index (χ2v) is 23.1. The maximum absolute atomic E-state index is 12.9. The standard InChI is InChI=1S/C74H130O6/c1-4-7-10-13-16-19-22-25-28-31-33-34-35-36-37-38-39-41-43-46-49-52-55-58-61-64-67-73(76)79-70-71(69-78-72(75)66-63-60-57-54-51-48-45-42-30-27-24-21-18-15-12-9-6-3)80-74(77)68-65-62-59-56-53-50-47-44-40-32-29-26-23-20-17-14-11-8-5-2/h9,12,17-18,20-21,26-27,29-30,45,48,54,57,71H,4-8,10-11,13-16,19,22-25,28,31-44,46-47,49-53,55-56,58-70H2,1-3H3/b12-9-,20-17-,21-18-,29-26-,30-27-,48-45-,57-54-. The van der Waals surface area contributed by atoms with Crippen molar-refractivity contribution in [3.05, 3.63) is 85.1 Å². The van der Waals surface area contributed by atoms with E-state index in [1.807, 2.05) is 0 Å². The van der Waals surface area contributed by atoms with Crippen LogP contribution in [0.5, 0.6) is 0 Å². The Bertz CT molecular complexity index is 1520. The Kier molecular flexibility index (Phi) is 65.2. The van der Waals surface area contributed by atoms with Crippen molar-refractivity contribution in [3.8, 4) is 0 Å². The van der Waals surface area contributed by atoms with Gasteiger partial charge in [0.15, 0.2) is 6.10 Å². The van der Waals surface area contributed by atoms with Crippen molar-refractivity contribution >= 4 is 17.9 Å². The number of allylic oxidation sites excluding steroid dienone is 14. The molecule has 0 heterocycles. The van der Waals surface area contributed by atoms with Gasteiger partial charge < -0.3 is 14.2 Å². The Hall–Kier alpha value is -3.41. The SMILES string of the molecule is CC/C=C\C/C=C\C/C=C\C/C=C\C/C=C\CCCC(=O)OCC(COC(=O)CCCCCCCCCCCCCCCCCCCCCCCCCCCC)OC(=O)CCCCCCCCCCC/C=C\C/C=C\CCCCC. The highest BCUT2D eigenvalue weighted by Gasteiger charge is 2.19. The molecule has 0 aliphatic heterocycles. The minimum absolute atomic E-state index is 0.0931. The number of ether oxygens (including phenoxy) is 3. The van der Waals surface area contributed by atoms with E-state index in [2.05, 4.69) is 106 Å². The molecule has 6 heteroatoms. The van der Waals surface area contributed by atoms with Gasteiger partial charge in [-0.3, -0.25) is 14.4 Å². The van der Waals surface area contributed by atoms with Crippen LogP contribution in [0.15, 0.2) is 85.1 Å². The largest absolute Gasteiger partial charge is 0.462 e. The summed E-state index contributed by atoms with van der Waals surface area (Å²) in [6, 6.07) is 0. The lowest BCUT2D eigenvalue weighted by Crippen LogP contribution is -2.30. The molecule has 0 spiro atoms. The molecule has 0 aliphatic carbocycles. The van der Waals surface area contributed by atoms with E-state index >= 15 is 0 Å². The van der Waals surface area contributed by atoms with Crippen LogP contribution in [0.2, 0.25) is 0 Å². The van der Waals surface area contributed by atoms with Crippen LogP contribution in [0.3, 0.4) is 0 Å².